The van der Waals surface area contributed by atoms with Crippen molar-refractivity contribution in [3.05, 3.63) is 26.7 Å². The fourth-order valence-electron chi connectivity index (χ4n) is 2.13. The molecular weight excluding hydrogens is 268 g/mol. The molecule has 2 rings (SSSR count). The van der Waals surface area contributed by atoms with Crippen molar-refractivity contribution in [2.75, 3.05) is 0 Å². The summed E-state index contributed by atoms with van der Waals surface area (Å²) in [6.45, 7) is 3.92. The lowest BCUT2D eigenvalue weighted by atomic mass is 10.2. The van der Waals surface area contributed by atoms with Gasteiger partial charge in [0.05, 0.1) is 5.88 Å². The Balaban J connectivity index is 3.04. The number of alkyl halides is 1. The van der Waals surface area contributed by atoms with Crippen molar-refractivity contribution in [2.24, 2.45) is 14.1 Å². The molecular formula is C12H17ClN4O2. The van der Waals surface area contributed by atoms with Crippen LogP contribution in [0.2, 0.25) is 0 Å². The number of halogens is 1. The molecule has 0 saturated carbocycles. The third-order valence-electron chi connectivity index (χ3n) is 3.55. The van der Waals surface area contributed by atoms with Crippen molar-refractivity contribution in [3.8, 4) is 0 Å². The Morgan fingerprint density at radius 3 is 2.42 bits per heavy atom. The fraction of sp³-hybridized carbons (Fsp3) is 0.583. The molecule has 0 aliphatic heterocycles. The van der Waals surface area contributed by atoms with Crippen molar-refractivity contribution < 1.29 is 0 Å². The van der Waals surface area contributed by atoms with Crippen LogP contribution in [0.15, 0.2) is 9.59 Å². The van der Waals surface area contributed by atoms with Gasteiger partial charge in [0.1, 0.15) is 5.82 Å². The molecule has 0 saturated heterocycles. The van der Waals surface area contributed by atoms with E-state index in [2.05, 4.69) is 4.98 Å². The smallest absolute Gasteiger partial charge is 0.324 e. The van der Waals surface area contributed by atoms with Gasteiger partial charge in [0, 0.05) is 20.1 Å². The van der Waals surface area contributed by atoms with Crippen molar-refractivity contribution in [1.82, 2.24) is 18.7 Å². The molecule has 0 bridgehead atoms. The van der Waals surface area contributed by atoms with Gasteiger partial charge in [-0.15, -0.1) is 11.6 Å². The second-order valence-corrected chi connectivity index (χ2v) is 4.93. The molecule has 0 aliphatic rings. The molecule has 0 radical (unpaired) electrons. The summed E-state index contributed by atoms with van der Waals surface area (Å²) in [4.78, 5) is 28.8. The van der Waals surface area contributed by atoms with E-state index in [-0.39, 0.29) is 23.2 Å². The topological polar surface area (TPSA) is 61.8 Å². The summed E-state index contributed by atoms with van der Waals surface area (Å²) in [6.07, 6.45) is 0.778. The monoisotopic (exact) mass is 284 g/mol. The Morgan fingerprint density at radius 1 is 1.26 bits per heavy atom. The van der Waals surface area contributed by atoms with Gasteiger partial charge in [-0.3, -0.25) is 13.9 Å². The predicted octanol–water partition coefficient (Wildman–Crippen LogP) is 1.14. The number of rotatable bonds is 3. The number of hydrogen-bond donors (Lipinski definition) is 0. The van der Waals surface area contributed by atoms with E-state index in [1.807, 2.05) is 13.8 Å². The summed E-state index contributed by atoms with van der Waals surface area (Å²) in [5.41, 5.74) is 0.149. The molecule has 0 N–H and O–H groups in total. The van der Waals surface area contributed by atoms with Gasteiger partial charge in [-0.2, -0.15) is 0 Å². The number of nitrogens with zero attached hydrogens (tertiary/aromatic N) is 4. The highest BCUT2D eigenvalue weighted by Crippen LogP contribution is 2.16. The van der Waals surface area contributed by atoms with Crippen LogP contribution in [0.25, 0.3) is 11.2 Å². The Bertz CT molecular complexity index is 741. The lowest BCUT2D eigenvalue weighted by molar-refractivity contribution is 0.499. The zero-order chi connectivity index (χ0) is 14.3. The van der Waals surface area contributed by atoms with E-state index in [9.17, 15) is 9.59 Å². The normalized spacial score (nSPS) is 13.1. The minimum absolute atomic E-state index is 0.0279. The standard InChI is InChI=1S/C12H17ClN4O2/c1-5-7(2)17-10-9(11(18)16(4)12(17)19)15(3)8(6-13)14-10/h7H,5-6H2,1-4H3. The van der Waals surface area contributed by atoms with Crippen LogP contribution >= 0.6 is 11.6 Å². The minimum Gasteiger partial charge on any atom is -0.324 e. The largest absolute Gasteiger partial charge is 0.332 e. The van der Waals surface area contributed by atoms with E-state index in [0.29, 0.717) is 17.0 Å². The van der Waals surface area contributed by atoms with Crippen LogP contribution in [0.4, 0.5) is 0 Å². The predicted molar refractivity (Wildman–Crippen MR) is 74.8 cm³/mol. The zero-order valence-corrected chi connectivity index (χ0v) is 12.2. The quantitative estimate of drug-likeness (QED) is 0.794. The van der Waals surface area contributed by atoms with Gasteiger partial charge in [-0.25, -0.2) is 9.78 Å². The number of imidazole rings is 1. The van der Waals surface area contributed by atoms with Gasteiger partial charge in [0.25, 0.3) is 5.56 Å². The first-order chi connectivity index (χ1) is 8.93. The molecule has 1 atom stereocenters. The minimum atomic E-state index is -0.342. The van der Waals surface area contributed by atoms with E-state index in [0.717, 1.165) is 11.0 Å². The molecule has 2 heterocycles. The summed E-state index contributed by atoms with van der Waals surface area (Å²) < 4.78 is 4.34. The van der Waals surface area contributed by atoms with Crippen molar-refractivity contribution >= 4 is 22.8 Å². The maximum Gasteiger partial charge on any atom is 0.332 e. The van der Waals surface area contributed by atoms with E-state index in [1.54, 1.807) is 16.2 Å². The van der Waals surface area contributed by atoms with Crippen LogP contribution in [-0.2, 0) is 20.0 Å². The number of hydrogen-bond acceptors (Lipinski definition) is 3. The SMILES string of the molecule is CCC(C)n1c(=O)n(C)c(=O)c2c1nc(CCl)n2C. The average Bonchev–Trinajstić information content (AvgIpc) is 2.73. The highest BCUT2D eigenvalue weighted by atomic mass is 35.5. The molecule has 7 heteroatoms. The molecule has 0 aliphatic carbocycles. The van der Waals surface area contributed by atoms with Crippen molar-refractivity contribution in [1.29, 1.82) is 0 Å². The van der Waals surface area contributed by atoms with Gasteiger partial charge < -0.3 is 4.57 Å². The van der Waals surface area contributed by atoms with Crippen molar-refractivity contribution in [2.45, 2.75) is 32.2 Å². The Labute approximate surface area is 115 Å². The summed E-state index contributed by atoms with van der Waals surface area (Å²) >= 11 is 5.82. The molecule has 2 aromatic rings. The van der Waals surface area contributed by atoms with E-state index >= 15 is 0 Å². The van der Waals surface area contributed by atoms with Gasteiger partial charge in [-0.1, -0.05) is 6.92 Å². The first kappa shape index (κ1) is 13.9. The molecule has 6 nitrogen and oxygen atoms in total. The molecule has 104 valence electrons. The molecule has 0 fully saturated rings. The first-order valence-corrected chi connectivity index (χ1v) is 6.70. The van der Waals surface area contributed by atoms with Crippen LogP contribution in [0.5, 0.6) is 0 Å². The molecule has 2 aromatic heterocycles. The fourth-order valence-corrected chi connectivity index (χ4v) is 2.37. The maximum absolute atomic E-state index is 12.3. The molecule has 0 aromatic carbocycles. The summed E-state index contributed by atoms with van der Waals surface area (Å²) in [5.74, 6) is 0.777. The number of aryl methyl sites for hydroxylation is 1. The summed E-state index contributed by atoms with van der Waals surface area (Å²) in [6, 6.07) is -0.0279. The third-order valence-corrected chi connectivity index (χ3v) is 3.79. The Kier molecular flexibility index (Phi) is 3.54. The molecule has 0 amide bonds. The molecule has 0 spiro atoms. The number of aromatic nitrogens is 4. The highest BCUT2D eigenvalue weighted by Gasteiger charge is 2.20. The zero-order valence-electron chi connectivity index (χ0n) is 11.5. The van der Waals surface area contributed by atoms with Crippen LogP contribution < -0.4 is 11.2 Å². The maximum atomic E-state index is 12.3. The molecule has 19 heavy (non-hydrogen) atoms. The van der Waals surface area contributed by atoms with E-state index < -0.39 is 0 Å². The lowest BCUT2D eigenvalue weighted by Crippen LogP contribution is -2.39. The van der Waals surface area contributed by atoms with Gasteiger partial charge in [0.2, 0.25) is 0 Å². The van der Waals surface area contributed by atoms with Crippen LogP contribution in [0.1, 0.15) is 32.1 Å². The lowest BCUT2D eigenvalue weighted by Gasteiger charge is -2.14. The van der Waals surface area contributed by atoms with Crippen molar-refractivity contribution in [3.63, 3.8) is 0 Å². The van der Waals surface area contributed by atoms with Crippen LogP contribution in [0.3, 0.4) is 0 Å². The van der Waals surface area contributed by atoms with Gasteiger partial charge in [-0.05, 0) is 13.3 Å². The third kappa shape index (κ3) is 1.90. The average molecular weight is 285 g/mol. The summed E-state index contributed by atoms with van der Waals surface area (Å²) in [5, 5.41) is 0. The molecule has 1 unspecified atom stereocenters. The van der Waals surface area contributed by atoms with Crippen LogP contribution in [0, 0.1) is 0 Å². The van der Waals surface area contributed by atoms with Crippen LogP contribution in [-0.4, -0.2) is 18.7 Å². The first-order valence-electron chi connectivity index (χ1n) is 6.16. The second-order valence-electron chi connectivity index (χ2n) is 4.67. The second kappa shape index (κ2) is 4.85. The Hall–Kier alpha value is -1.56. The summed E-state index contributed by atoms with van der Waals surface area (Å²) in [7, 11) is 3.22. The Morgan fingerprint density at radius 2 is 1.89 bits per heavy atom. The number of fused-ring (bicyclic) bond motifs is 1. The van der Waals surface area contributed by atoms with Gasteiger partial charge >= 0.3 is 5.69 Å². The van der Waals surface area contributed by atoms with E-state index in [4.69, 9.17) is 11.6 Å². The van der Waals surface area contributed by atoms with Gasteiger partial charge in [0.15, 0.2) is 11.2 Å². The highest BCUT2D eigenvalue weighted by molar-refractivity contribution is 6.16. The van der Waals surface area contributed by atoms with E-state index in [1.165, 1.54) is 7.05 Å².